The molecule has 0 bridgehead atoms. The monoisotopic (exact) mass is 379 g/mol. The molecule has 2 aliphatic rings. The van der Waals surface area contributed by atoms with E-state index < -0.39 is 10.2 Å². The number of para-hydroxylation sites is 1. The third-order valence-electron chi connectivity index (χ3n) is 5.65. The van der Waals surface area contributed by atoms with Crippen LogP contribution in [0.1, 0.15) is 44.9 Å². The van der Waals surface area contributed by atoms with Gasteiger partial charge in [0.05, 0.1) is 0 Å². The molecule has 0 aromatic heterocycles. The summed E-state index contributed by atoms with van der Waals surface area (Å²) in [5.74, 6) is -0.157. The van der Waals surface area contributed by atoms with Gasteiger partial charge in [0, 0.05) is 37.8 Å². The van der Waals surface area contributed by atoms with E-state index >= 15 is 0 Å². The lowest BCUT2D eigenvalue weighted by molar-refractivity contribution is -0.120. The van der Waals surface area contributed by atoms with Gasteiger partial charge in [-0.3, -0.25) is 4.79 Å². The minimum absolute atomic E-state index is 0.0196. The number of carbonyl (C=O) groups is 1. The van der Waals surface area contributed by atoms with Gasteiger partial charge in [-0.1, -0.05) is 37.5 Å². The van der Waals surface area contributed by atoms with Gasteiger partial charge in [0.2, 0.25) is 5.91 Å². The third-order valence-corrected chi connectivity index (χ3v) is 7.69. The number of piperidine rings is 1. The van der Waals surface area contributed by atoms with Gasteiger partial charge < -0.3 is 5.32 Å². The Bertz CT molecular complexity index is 694. The van der Waals surface area contributed by atoms with Gasteiger partial charge in [0.15, 0.2) is 0 Å². The highest BCUT2D eigenvalue weighted by molar-refractivity contribution is 7.86. The first-order valence-corrected chi connectivity index (χ1v) is 11.0. The fraction of sp³-hybridized carbons (Fsp3) is 0.632. The van der Waals surface area contributed by atoms with E-state index in [1.165, 1.54) is 6.42 Å². The maximum absolute atomic E-state index is 12.9. The van der Waals surface area contributed by atoms with Gasteiger partial charge in [0.1, 0.15) is 0 Å². The highest BCUT2D eigenvalue weighted by atomic mass is 32.2. The van der Waals surface area contributed by atoms with Crippen molar-refractivity contribution >= 4 is 21.8 Å². The predicted octanol–water partition coefficient (Wildman–Crippen LogP) is 2.85. The van der Waals surface area contributed by atoms with Crippen LogP contribution in [0.5, 0.6) is 0 Å². The smallest absolute Gasteiger partial charge is 0.281 e. The standard InChI is InChI=1S/C19H29N3O3S/c1-21(18-10-6-3-7-11-18)26(24,25)22-14-12-16(13-15-22)19(23)20-17-8-4-2-5-9-17/h2,4-5,8-9,16,18H,3,6-7,10-15H2,1H3,(H,20,23). The second-order valence-corrected chi connectivity index (χ2v) is 9.33. The number of amides is 1. The van der Waals surface area contributed by atoms with Crippen LogP contribution in [0.15, 0.2) is 30.3 Å². The number of nitrogens with one attached hydrogen (secondary N) is 1. The largest absolute Gasteiger partial charge is 0.326 e. The van der Waals surface area contributed by atoms with E-state index in [0.29, 0.717) is 25.9 Å². The molecule has 0 atom stereocenters. The van der Waals surface area contributed by atoms with Crippen LogP contribution in [-0.4, -0.2) is 49.1 Å². The molecule has 1 aromatic carbocycles. The van der Waals surface area contributed by atoms with E-state index in [9.17, 15) is 13.2 Å². The maximum atomic E-state index is 12.9. The van der Waals surface area contributed by atoms with Crippen molar-refractivity contribution < 1.29 is 13.2 Å². The predicted molar refractivity (Wildman–Crippen MR) is 103 cm³/mol. The van der Waals surface area contributed by atoms with Crippen molar-refractivity contribution in [3.8, 4) is 0 Å². The lowest BCUT2D eigenvalue weighted by Gasteiger charge is -2.37. The fourth-order valence-electron chi connectivity index (χ4n) is 3.93. The first-order chi connectivity index (χ1) is 12.5. The molecule has 7 heteroatoms. The summed E-state index contributed by atoms with van der Waals surface area (Å²) in [6.45, 7) is 0.818. The van der Waals surface area contributed by atoms with Crippen molar-refractivity contribution in [3.63, 3.8) is 0 Å². The zero-order valence-electron chi connectivity index (χ0n) is 15.4. The second-order valence-electron chi connectivity index (χ2n) is 7.34. The molecule has 1 heterocycles. The molecule has 3 rings (SSSR count). The average molecular weight is 380 g/mol. The van der Waals surface area contributed by atoms with Crippen molar-refractivity contribution in [2.24, 2.45) is 5.92 Å². The number of benzene rings is 1. The number of hydrogen-bond donors (Lipinski definition) is 1. The van der Waals surface area contributed by atoms with E-state index in [4.69, 9.17) is 0 Å². The van der Waals surface area contributed by atoms with Crippen LogP contribution in [-0.2, 0) is 15.0 Å². The van der Waals surface area contributed by atoms with Crippen LogP contribution in [0.25, 0.3) is 0 Å². The number of carbonyl (C=O) groups excluding carboxylic acids is 1. The minimum atomic E-state index is -3.43. The molecule has 1 aromatic rings. The molecule has 0 unspecified atom stereocenters. The maximum Gasteiger partial charge on any atom is 0.281 e. The van der Waals surface area contributed by atoms with Crippen molar-refractivity contribution in [1.29, 1.82) is 0 Å². The molecule has 0 radical (unpaired) electrons. The average Bonchev–Trinajstić information content (AvgIpc) is 2.69. The second kappa shape index (κ2) is 8.50. The lowest BCUT2D eigenvalue weighted by atomic mass is 9.96. The Morgan fingerprint density at radius 3 is 2.27 bits per heavy atom. The van der Waals surface area contributed by atoms with E-state index in [0.717, 1.165) is 31.4 Å². The number of anilines is 1. The van der Waals surface area contributed by atoms with Crippen LogP contribution in [0, 0.1) is 5.92 Å². The molecule has 1 N–H and O–H groups in total. The Morgan fingerprint density at radius 1 is 1.04 bits per heavy atom. The van der Waals surface area contributed by atoms with Crippen molar-refractivity contribution in [2.75, 3.05) is 25.5 Å². The fourth-order valence-corrected chi connectivity index (χ4v) is 5.55. The summed E-state index contributed by atoms with van der Waals surface area (Å²) in [4.78, 5) is 12.4. The normalized spacial score (nSPS) is 21.0. The van der Waals surface area contributed by atoms with Gasteiger partial charge in [0.25, 0.3) is 10.2 Å². The summed E-state index contributed by atoms with van der Waals surface area (Å²) < 4.78 is 28.9. The Labute approximate surface area is 156 Å². The molecule has 1 saturated carbocycles. The number of rotatable bonds is 5. The molecule has 1 aliphatic carbocycles. The van der Waals surface area contributed by atoms with Gasteiger partial charge in [-0.25, -0.2) is 0 Å². The van der Waals surface area contributed by atoms with Gasteiger partial charge in [-0.15, -0.1) is 0 Å². The lowest BCUT2D eigenvalue weighted by Crippen LogP contribution is -2.50. The zero-order chi connectivity index (χ0) is 18.6. The van der Waals surface area contributed by atoms with Gasteiger partial charge >= 0.3 is 0 Å². The minimum Gasteiger partial charge on any atom is -0.326 e. The molecule has 1 aliphatic heterocycles. The van der Waals surface area contributed by atoms with Crippen molar-refractivity contribution in [2.45, 2.75) is 51.0 Å². The van der Waals surface area contributed by atoms with Gasteiger partial charge in [-0.2, -0.15) is 17.0 Å². The molecule has 6 nitrogen and oxygen atoms in total. The first-order valence-electron chi connectivity index (χ1n) is 9.57. The molecule has 0 spiro atoms. The summed E-state index contributed by atoms with van der Waals surface area (Å²) in [5.41, 5.74) is 0.782. The summed E-state index contributed by atoms with van der Waals surface area (Å²) >= 11 is 0. The van der Waals surface area contributed by atoms with E-state index in [-0.39, 0.29) is 17.9 Å². The van der Waals surface area contributed by atoms with E-state index in [2.05, 4.69) is 5.32 Å². The summed E-state index contributed by atoms with van der Waals surface area (Å²) in [7, 11) is -1.73. The molecule has 144 valence electrons. The van der Waals surface area contributed by atoms with Crippen LogP contribution in [0.2, 0.25) is 0 Å². The molecule has 2 fully saturated rings. The Balaban J connectivity index is 1.54. The van der Waals surface area contributed by atoms with Crippen LogP contribution in [0.3, 0.4) is 0 Å². The van der Waals surface area contributed by atoms with Crippen molar-refractivity contribution in [3.05, 3.63) is 30.3 Å². The highest BCUT2D eigenvalue weighted by Crippen LogP contribution is 2.27. The summed E-state index contributed by atoms with van der Waals surface area (Å²) in [5, 5.41) is 2.92. The van der Waals surface area contributed by atoms with Crippen LogP contribution < -0.4 is 5.32 Å². The Kier molecular flexibility index (Phi) is 6.32. The highest BCUT2D eigenvalue weighted by Gasteiger charge is 2.36. The summed E-state index contributed by atoms with van der Waals surface area (Å²) in [6, 6.07) is 9.50. The van der Waals surface area contributed by atoms with Crippen molar-refractivity contribution in [1.82, 2.24) is 8.61 Å². The molecule has 1 amide bonds. The molecular formula is C19H29N3O3S. The SMILES string of the molecule is CN(C1CCCCC1)S(=O)(=O)N1CCC(C(=O)Nc2ccccc2)CC1. The first kappa shape index (κ1) is 19.3. The Morgan fingerprint density at radius 2 is 1.65 bits per heavy atom. The van der Waals surface area contributed by atoms with Gasteiger partial charge in [-0.05, 0) is 37.8 Å². The molecule has 1 saturated heterocycles. The third kappa shape index (κ3) is 4.45. The van der Waals surface area contributed by atoms with Crippen LogP contribution >= 0.6 is 0 Å². The van der Waals surface area contributed by atoms with E-state index in [1.807, 2.05) is 30.3 Å². The van der Waals surface area contributed by atoms with Crippen LogP contribution in [0.4, 0.5) is 5.69 Å². The van der Waals surface area contributed by atoms with E-state index in [1.54, 1.807) is 15.7 Å². The molecular weight excluding hydrogens is 350 g/mol. The number of nitrogens with zero attached hydrogens (tertiary/aromatic N) is 2. The Hall–Kier alpha value is -1.44. The zero-order valence-corrected chi connectivity index (χ0v) is 16.2. The molecule has 26 heavy (non-hydrogen) atoms. The topological polar surface area (TPSA) is 69.7 Å². The summed E-state index contributed by atoms with van der Waals surface area (Å²) in [6.07, 6.45) is 6.44. The quantitative estimate of drug-likeness (QED) is 0.855. The number of hydrogen-bond acceptors (Lipinski definition) is 3.